The number of hydrogen-bond acceptors (Lipinski definition) is 0. The molecule has 0 heteroatoms. The van der Waals surface area contributed by atoms with Gasteiger partial charge in [-0.05, 0) is 119 Å². The van der Waals surface area contributed by atoms with Crippen LogP contribution in [0.15, 0.2) is 60.7 Å². The van der Waals surface area contributed by atoms with E-state index in [1.807, 2.05) is 0 Å². The summed E-state index contributed by atoms with van der Waals surface area (Å²) in [6.07, 6.45) is 1.92. The van der Waals surface area contributed by atoms with Crippen LogP contribution in [0.1, 0.15) is 139 Å². The molecule has 4 aromatic rings. The molecule has 0 nitrogen and oxygen atoms in total. The molecule has 0 atom stereocenters. The van der Waals surface area contributed by atoms with Crippen molar-refractivity contribution in [2.45, 2.75) is 118 Å². The Labute approximate surface area is 268 Å². The quantitative estimate of drug-likeness (QED) is 0.191. The van der Waals surface area contributed by atoms with Crippen molar-refractivity contribution in [3.63, 3.8) is 0 Å². The highest BCUT2D eigenvalue weighted by atomic mass is 14.4. The molecular weight excluding hydrogens is 528 g/mol. The molecule has 0 aliphatic heterocycles. The van der Waals surface area contributed by atoms with Gasteiger partial charge in [0.05, 0.1) is 0 Å². The van der Waals surface area contributed by atoms with Crippen molar-refractivity contribution >= 4 is 0 Å². The number of hydrogen-bond donors (Lipinski definition) is 0. The highest BCUT2D eigenvalue weighted by molar-refractivity contribution is 5.84. The van der Waals surface area contributed by atoms with E-state index in [0.29, 0.717) is 0 Å². The van der Waals surface area contributed by atoms with E-state index in [1.165, 1.54) is 83.8 Å². The van der Waals surface area contributed by atoms with Crippen LogP contribution in [-0.2, 0) is 34.5 Å². The summed E-state index contributed by atoms with van der Waals surface area (Å²) in [5, 5.41) is 0. The highest BCUT2D eigenvalue weighted by Gasteiger charge is 2.36. The lowest BCUT2D eigenvalue weighted by Gasteiger charge is -2.33. The standard InChI is InChI=1S/C44H52/c1-26(39-35-24-27-22-29(41(2,3)4)14-16-31(27)33(35)18-20-37(39)43(8,9)10)40-36-25-28-23-30(42(5,6)7)15-17-32(28)34(36)19-21-38(40)44(11,12)13/h14-23H,1,24-25H2,2-13H3. The molecule has 0 amide bonds. The maximum Gasteiger partial charge on any atom is 0.0352 e. The van der Waals surface area contributed by atoms with Crippen LogP contribution in [0.4, 0.5) is 0 Å². The van der Waals surface area contributed by atoms with Crippen LogP contribution in [0, 0.1) is 12.8 Å². The Morgan fingerprint density at radius 3 is 1.11 bits per heavy atom. The molecule has 0 saturated carbocycles. The van der Waals surface area contributed by atoms with Crippen LogP contribution in [0.5, 0.6) is 0 Å². The van der Waals surface area contributed by atoms with Crippen molar-refractivity contribution in [1.29, 1.82) is 0 Å². The van der Waals surface area contributed by atoms with Gasteiger partial charge in [0.2, 0.25) is 0 Å². The summed E-state index contributed by atoms with van der Waals surface area (Å²) in [6.45, 7) is 33.1. The van der Waals surface area contributed by atoms with Crippen LogP contribution in [0.25, 0.3) is 22.3 Å². The van der Waals surface area contributed by atoms with Gasteiger partial charge in [-0.1, -0.05) is 144 Å². The van der Waals surface area contributed by atoms with Gasteiger partial charge in [0.25, 0.3) is 0 Å². The smallest absolute Gasteiger partial charge is 0.0352 e. The van der Waals surface area contributed by atoms with Gasteiger partial charge in [-0.25, -0.2) is 0 Å². The Balaban J connectivity index is 1.58. The maximum atomic E-state index is 5.04. The summed E-state index contributed by atoms with van der Waals surface area (Å²) >= 11 is 0. The van der Waals surface area contributed by atoms with Gasteiger partial charge in [-0.2, -0.15) is 0 Å². The zero-order valence-corrected chi connectivity index (χ0v) is 29.4. The van der Waals surface area contributed by atoms with Gasteiger partial charge in [-0.15, -0.1) is 0 Å². The van der Waals surface area contributed by atoms with Gasteiger partial charge in [0, 0.05) is 5.92 Å². The predicted molar refractivity (Wildman–Crippen MR) is 191 cm³/mol. The summed E-state index contributed by atoms with van der Waals surface area (Å²) in [7, 11) is 0. The van der Waals surface area contributed by atoms with Crippen LogP contribution in [0.3, 0.4) is 0 Å². The van der Waals surface area contributed by atoms with E-state index in [0.717, 1.165) is 12.8 Å². The molecule has 228 valence electrons. The molecule has 0 bridgehead atoms. The zero-order chi connectivity index (χ0) is 32.1. The fourth-order valence-electron chi connectivity index (χ4n) is 7.55. The number of benzene rings is 4. The molecule has 0 saturated heterocycles. The van der Waals surface area contributed by atoms with Crippen LogP contribution >= 0.6 is 0 Å². The normalized spacial score (nSPS) is 14.5. The molecule has 0 fully saturated rings. The van der Waals surface area contributed by atoms with Crippen molar-refractivity contribution in [3.05, 3.63) is 129 Å². The van der Waals surface area contributed by atoms with Gasteiger partial charge < -0.3 is 0 Å². The van der Waals surface area contributed by atoms with E-state index in [2.05, 4.69) is 144 Å². The zero-order valence-electron chi connectivity index (χ0n) is 29.4. The molecule has 0 unspecified atom stereocenters. The minimum absolute atomic E-state index is 0.0108. The second-order valence-corrected chi connectivity index (χ2v) is 17.6. The summed E-state index contributed by atoms with van der Waals surface area (Å²) in [5.41, 5.74) is 19.9. The lowest BCUT2D eigenvalue weighted by atomic mass is 9.71. The Bertz CT molecular complexity index is 1650. The topological polar surface area (TPSA) is 0 Å². The monoisotopic (exact) mass is 580 g/mol. The Kier molecular flexibility index (Phi) is 6.98. The van der Waals surface area contributed by atoms with Gasteiger partial charge in [0.15, 0.2) is 0 Å². The van der Waals surface area contributed by atoms with Crippen LogP contribution < -0.4 is 0 Å². The number of rotatable bonds is 2. The molecule has 2 aliphatic carbocycles. The molecule has 2 radical (unpaired) electrons. The SMILES string of the molecule is [CH2][C](c1c(C(C)(C)C)ccc2c1Cc1cc(C(C)(C)C)ccc1-2)c1c(C(C)(C)C)ccc2c1Cc1cc(C(C)(C)C)ccc1-2. The van der Waals surface area contributed by atoms with Crippen LogP contribution in [0.2, 0.25) is 0 Å². The first kappa shape index (κ1) is 30.9. The van der Waals surface area contributed by atoms with Crippen molar-refractivity contribution in [2.24, 2.45) is 0 Å². The third-order valence-electron chi connectivity index (χ3n) is 10.1. The second kappa shape index (κ2) is 9.94. The first-order chi connectivity index (χ1) is 20.3. The van der Waals surface area contributed by atoms with E-state index in [4.69, 9.17) is 6.92 Å². The van der Waals surface area contributed by atoms with Crippen molar-refractivity contribution in [1.82, 2.24) is 0 Å². The van der Waals surface area contributed by atoms with E-state index in [1.54, 1.807) is 0 Å². The summed E-state index contributed by atoms with van der Waals surface area (Å²) in [4.78, 5) is 0. The molecule has 6 rings (SSSR count). The fourth-order valence-corrected chi connectivity index (χ4v) is 7.55. The summed E-state index contributed by atoms with van der Waals surface area (Å²) < 4.78 is 0. The molecular formula is C44H52. The third-order valence-corrected chi connectivity index (χ3v) is 10.1. The molecule has 0 N–H and O–H groups in total. The van der Waals surface area contributed by atoms with Gasteiger partial charge in [0.1, 0.15) is 0 Å². The molecule has 0 heterocycles. The van der Waals surface area contributed by atoms with E-state index in [9.17, 15) is 0 Å². The summed E-state index contributed by atoms with van der Waals surface area (Å²) in [6, 6.07) is 23.9. The fraction of sp³-hybridized carbons (Fsp3) is 0.409. The average Bonchev–Trinajstić information content (AvgIpc) is 3.46. The summed E-state index contributed by atoms with van der Waals surface area (Å²) in [5.74, 6) is 1.20. The minimum Gasteiger partial charge on any atom is -0.0579 e. The molecule has 2 aliphatic rings. The van der Waals surface area contributed by atoms with Crippen molar-refractivity contribution in [3.8, 4) is 22.3 Å². The van der Waals surface area contributed by atoms with E-state index >= 15 is 0 Å². The van der Waals surface area contributed by atoms with Crippen molar-refractivity contribution < 1.29 is 0 Å². The second-order valence-electron chi connectivity index (χ2n) is 17.6. The average molecular weight is 581 g/mol. The van der Waals surface area contributed by atoms with Crippen molar-refractivity contribution in [2.75, 3.05) is 0 Å². The largest absolute Gasteiger partial charge is 0.0579 e. The lowest BCUT2D eigenvalue weighted by molar-refractivity contribution is 0.579. The molecule has 4 aromatic carbocycles. The minimum atomic E-state index is -0.0108. The maximum absolute atomic E-state index is 5.04. The lowest BCUT2D eigenvalue weighted by Crippen LogP contribution is -2.22. The van der Waals surface area contributed by atoms with E-state index in [-0.39, 0.29) is 21.7 Å². The molecule has 44 heavy (non-hydrogen) atoms. The van der Waals surface area contributed by atoms with E-state index < -0.39 is 0 Å². The predicted octanol–water partition coefficient (Wildman–Crippen LogP) is 11.8. The van der Waals surface area contributed by atoms with Gasteiger partial charge in [-0.3, -0.25) is 0 Å². The van der Waals surface area contributed by atoms with Crippen LogP contribution in [-0.4, -0.2) is 0 Å². The van der Waals surface area contributed by atoms with Gasteiger partial charge >= 0.3 is 0 Å². The Morgan fingerprint density at radius 2 is 0.795 bits per heavy atom. The first-order valence-corrected chi connectivity index (χ1v) is 16.6. The Hall–Kier alpha value is -3.12. The molecule has 0 spiro atoms. The number of fused-ring (bicyclic) bond motifs is 6. The first-order valence-electron chi connectivity index (χ1n) is 16.6. The molecule has 0 aromatic heterocycles. The Morgan fingerprint density at radius 1 is 0.455 bits per heavy atom. The highest BCUT2D eigenvalue weighted by Crippen LogP contribution is 2.50. The third kappa shape index (κ3) is 5.07.